The molecule has 0 aliphatic carbocycles. The SMILES string of the molecule is COc1ccc(C(=O)O[NH+]=C(N)c2ccc(OC)c(OC)c2)cc1. The molecule has 0 aliphatic heterocycles. The molecule has 7 nitrogen and oxygen atoms in total. The third-order valence-corrected chi connectivity index (χ3v) is 3.27. The summed E-state index contributed by atoms with van der Waals surface area (Å²) in [6.45, 7) is 0. The highest BCUT2D eigenvalue weighted by atomic mass is 16.7. The summed E-state index contributed by atoms with van der Waals surface area (Å²) >= 11 is 0. The molecule has 0 heterocycles. The van der Waals surface area contributed by atoms with Crippen LogP contribution in [0.25, 0.3) is 0 Å². The molecule has 0 atom stereocenters. The number of amidine groups is 1. The number of nitrogens with two attached hydrogens (primary N) is 1. The van der Waals surface area contributed by atoms with E-state index in [1.807, 2.05) is 0 Å². The Morgan fingerprint density at radius 3 is 2.08 bits per heavy atom. The Kier molecular flexibility index (Phi) is 5.62. The summed E-state index contributed by atoms with van der Waals surface area (Å²) in [7, 11) is 4.61. The van der Waals surface area contributed by atoms with Crippen LogP contribution in [0.5, 0.6) is 17.2 Å². The van der Waals surface area contributed by atoms with E-state index in [0.717, 1.165) is 0 Å². The number of methoxy groups -OCH3 is 3. The van der Waals surface area contributed by atoms with Gasteiger partial charge in [0.05, 0.1) is 32.5 Å². The van der Waals surface area contributed by atoms with Crippen molar-refractivity contribution in [3.63, 3.8) is 0 Å². The zero-order chi connectivity index (χ0) is 17.5. The van der Waals surface area contributed by atoms with Crippen molar-refractivity contribution in [3.8, 4) is 17.2 Å². The molecule has 24 heavy (non-hydrogen) atoms. The fourth-order valence-electron chi connectivity index (χ4n) is 1.95. The lowest BCUT2D eigenvalue weighted by Gasteiger charge is -2.07. The van der Waals surface area contributed by atoms with Crippen LogP contribution < -0.4 is 25.1 Å². The number of ether oxygens (including phenoxy) is 3. The van der Waals surface area contributed by atoms with Crippen molar-refractivity contribution in [2.24, 2.45) is 5.73 Å². The van der Waals surface area contributed by atoms with Crippen LogP contribution in [0.4, 0.5) is 0 Å². The zero-order valence-electron chi connectivity index (χ0n) is 13.7. The first kappa shape index (κ1) is 17.1. The second-order valence-electron chi connectivity index (χ2n) is 4.70. The Labute approximate surface area is 139 Å². The number of carbonyl (C=O) groups is 1. The first-order valence-corrected chi connectivity index (χ1v) is 7.05. The molecule has 2 aromatic rings. The molecular weight excluding hydrogens is 312 g/mol. The lowest BCUT2D eigenvalue weighted by atomic mass is 10.2. The van der Waals surface area contributed by atoms with Crippen molar-refractivity contribution in [2.75, 3.05) is 21.3 Å². The van der Waals surface area contributed by atoms with Crippen LogP contribution in [0.3, 0.4) is 0 Å². The summed E-state index contributed by atoms with van der Waals surface area (Å²) < 4.78 is 15.4. The lowest BCUT2D eigenvalue weighted by Crippen LogP contribution is -2.75. The quantitative estimate of drug-likeness (QED) is 0.342. The minimum Gasteiger partial charge on any atom is -0.497 e. The third kappa shape index (κ3) is 3.95. The van der Waals surface area contributed by atoms with Gasteiger partial charge in [-0.25, -0.2) is 4.79 Å². The number of hydrogen-bond acceptors (Lipinski definition) is 5. The van der Waals surface area contributed by atoms with E-state index >= 15 is 0 Å². The van der Waals surface area contributed by atoms with Crippen molar-refractivity contribution in [3.05, 3.63) is 53.6 Å². The predicted molar refractivity (Wildman–Crippen MR) is 87.2 cm³/mol. The van der Waals surface area contributed by atoms with E-state index in [9.17, 15) is 4.79 Å². The van der Waals surface area contributed by atoms with Crippen LogP contribution in [-0.2, 0) is 4.84 Å². The van der Waals surface area contributed by atoms with Crippen LogP contribution in [0.1, 0.15) is 15.9 Å². The summed E-state index contributed by atoms with van der Waals surface area (Å²) in [5.74, 6) is 1.33. The highest BCUT2D eigenvalue weighted by molar-refractivity contribution is 5.94. The molecule has 0 aromatic heterocycles. The smallest absolute Gasteiger partial charge is 0.387 e. The van der Waals surface area contributed by atoms with Crippen molar-refractivity contribution in [2.45, 2.75) is 0 Å². The lowest BCUT2D eigenvalue weighted by molar-refractivity contribution is -0.721. The van der Waals surface area contributed by atoms with Gasteiger partial charge in [-0.05, 0) is 42.5 Å². The average Bonchev–Trinajstić information content (AvgIpc) is 2.65. The topological polar surface area (TPSA) is 94.0 Å². The van der Waals surface area contributed by atoms with E-state index in [0.29, 0.717) is 28.4 Å². The Balaban J connectivity index is 2.11. The summed E-state index contributed by atoms with van der Waals surface area (Å²) in [5.41, 5.74) is 6.85. The fraction of sp³-hybridized carbons (Fsp3) is 0.176. The monoisotopic (exact) mass is 331 g/mol. The summed E-state index contributed by atoms with van der Waals surface area (Å²) in [6, 6.07) is 11.6. The highest BCUT2D eigenvalue weighted by Gasteiger charge is 2.13. The van der Waals surface area contributed by atoms with Crippen LogP contribution in [0.15, 0.2) is 42.5 Å². The van der Waals surface area contributed by atoms with Gasteiger partial charge in [-0.1, -0.05) is 5.16 Å². The second kappa shape index (κ2) is 7.87. The van der Waals surface area contributed by atoms with Crippen molar-refractivity contribution in [1.29, 1.82) is 0 Å². The molecule has 2 rings (SSSR count). The van der Waals surface area contributed by atoms with Gasteiger partial charge in [0.15, 0.2) is 11.5 Å². The number of hydrogen-bond donors (Lipinski definition) is 2. The van der Waals surface area contributed by atoms with Crippen LogP contribution in [-0.4, -0.2) is 33.1 Å². The Hall–Kier alpha value is -3.22. The highest BCUT2D eigenvalue weighted by Crippen LogP contribution is 2.26. The van der Waals surface area contributed by atoms with Gasteiger partial charge < -0.3 is 14.2 Å². The molecule has 0 saturated carbocycles. The number of benzene rings is 2. The molecule has 7 heteroatoms. The van der Waals surface area contributed by atoms with Gasteiger partial charge in [0.1, 0.15) is 5.75 Å². The summed E-state index contributed by atoms with van der Waals surface area (Å²) in [6.07, 6.45) is 0. The van der Waals surface area contributed by atoms with E-state index < -0.39 is 5.97 Å². The maximum Gasteiger partial charge on any atom is 0.387 e. The molecule has 0 aliphatic rings. The van der Waals surface area contributed by atoms with E-state index in [1.54, 1.807) is 56.7 Å². The Morgan fingerprint density at radius 1 is 0.875 bits per heavy atom. The molecule has 0 saturated heterocycles. The molecule has 0 amide bonds. The van der Waals surface area contributed by atoms with Crippen LogP contribution in [0, 0.1) is 0 Å². The normalized spacial score (nSPS) is 10.9. The number of rotatable bonds is 6. The first-order chi connectivity index (χ1) is 11.6. The molecule has 0 spiro atoms. The van der Waals surface area contributed by atoms with Gasteiger partial charge in [0.2, 0.25) is 0 Å². The second-order valence-corrected chi connectivity index (χ2v) is 4.70. The maximum absolute atomic E-state index is 12.0. The summed E-state index contributed by atoms with van der Waals surface area (Å²) in [4.78, 5) is 16.9. The van der Waals surface area contributed by atoms with Gasteiger partial charge in [0, 0.05) is 0 Å². The molecule has 2 aromatic carbocycles. The molecular formula is C17H19N2O5+. The summed E-state index contributed by atoms with van der Waals surface area (Å²) in [5, 5.41) is 2.43. The molecule has 0 bridgehead atoms. The van der Waals surface area contributed by atoms with Crippen LogP contribution >= 0.6 is 0 Å². The zero-order valence-corrected chi connectivity index (χ0v) is 13.7. The van der Waals surface area contributed by atoms with Crippen LogP contribution in [0.2, 0.25) is 0 Å². The van der Waals surface area contributed by atoms with Gasteiger partial charge in [0.25, 0.3) is 0 Å². The standard InChI is InChI=1S/C17H18N2O5/c1-21-13-7-4-11(5-8-13)17(20)24-19-16(18)12-6-9-14(22-2)15(10-12)23-3/h4-10H,1-3H3,(H2,18,19)/p+1. The number of carbonyl (C=O) groups excluding carboxylic acids is 1. The van der Waals surface area contributed by atoms with Crippen molar-refractivity contribution < 1.29 is 29.0 Å². The molecule has 3 N–H and O–H groups in total. The van der Waals surface area contributed by atoms with E-state index in [2.05, 4.69) is 5.16 Å². The van der Waals surface area contributed by atoms with Crippen molar-refractivity contribution >= 4 is 11.8 Å². The van der Waals surface area contributed by atoms with Gasteiger partial charge in [-0.2, -0.15) is 0 Å². The van der Waals surface area contributed by atoms with E-state index in [-0.39, 0.29) is 5.84 Å². The van der Waals surface area contributed by atoms with Gasteiger partial charge >= 0.3 is 11.8 Å². The van der Waals surface area contributed by atoms with Crippen molar-refractivity contribution in [1.82, 2.24) is 0 Å². The number of nitrogen functional groups attached to an aromatic ring is 1. The van der Waals surface area contributed by atoms with Gasteiger partial charge in [-0.15, -0.1) is 0 Å². The van der Waals surface area contributed by atoms with E-state index in [1.165, 1.54) is 7.11 Å². The molecule has 0 radical (unpaired) electrons. The largest absolute Gasteiger partial charge is 0.497 e. The Bertz CT molecular complexity index is 741. The maximum atomic E-state index is 12.0. The number of nitrogens with one attached hydrogen (secondary N) is 1. The molecule has 126 valence electrons. The average molecular weight is 331 g/mol. The predicted octanol–water partition coefficient (Wildman–Crippen LogP) is 0.270. The minimum atomic E-state index is -0.568. The Morgan fingerprint density at radius 2 is 1.50 bits per heavy atom. The molecule has 0 unspecified atom stereocenters. The molecule has 0 fully saturated rings. The first-order valence-electron chi connectivity index (χ1n) is 7.05. The van der Waals surface area contributed by atoms with E-state index in [4.69, 9.17) is 24.8 Å². The minimum absolute atomic E-state index is 0.165. The van der Waals surface area contributed by atoms with Gasteiger partial charge in [-0.3, -0.25) is 10.6 Å². The fourth-order valence-corrected chi connectivity index (χ4v) is 1.95. The third-order valence-electron chi connectivity index (χ3n) is 3.27.